The maximum atomic E-state index is 12.5. The summed E-state index contributed by atoms with van der Waals surface area (Å²) in [4.78, 5) is 24.4. The van der Waals surface area contributed by atoms with Crippen LogP contribution < -0.4 is 10.1 Å². The highest BCUT2D eigenvalue weighted by molar-refractivity contribution is 5.97. The van der Waals surface area contributed by atoms with Gasteiger partial charge in [0, 0.05) is 31.7 Å². The van der Waals surface area contributed by atoms with Crippen molar-refractivity contribution in [1.82, 2.24) is 10.2 Å². The van der Waals surface area contributed by atoms with Crippen LogP contribution in [0, 0.1) is 10.1 Å². The minimum atomic E-state index is -0.510. The number of amides is 1. The van der Waals surface area contributed by atoms with E-state index in [1.807, 2.05) is 6.92 Å². The third-order valence-corrected chi connectivity index (χ3v) is 3.28. The minimum absolute atomic E-state index is 0.0907. The zero-order chi connectivity index (χ0) is 14.7. The normalized spacial score (nSPS) is 18.7. The summed E-state index contributed by atoms with van der Waals surface area (Å²) in [6, 6.07) is 4.28. The first-order valence-electron chi connectivity index (χ1n) is 6.38. The van der Waals surface area contributed by atoms with Crippen molar-refractivity contribution in [3.63, 3.8) is 0 Å². The van der Waals surface area contributed by atoms with E-state index >= 15 is 0 Å². The molecule has 1 heterocycles. The first kappa shape index (κ1) is 14.3. The van der Waals surface area contributed by atoms with Crippen LogP contribution in [0.1, 0.15) is 17.3 Å². The lowest BCUT2D eigenvalue weighted by Crippen LogP contribution is -2.51. The van der Waals surface area contributed by atoms with Gasteiger partial charge in [0.2, 0.25) is 0 Å². The number of rotatable bonds is 3. The number of nitro benzene ring substituents is 1. The lowest BCUT2D eigenvalue weighted by molar-refractivity contribution is -0.384. The Morgan fingerprint density at radius 1 is 1.55 bits per heavy atom. The Labute approximate surface area is 116 Å². The van der Waals surface area contributed by atoms with Crippen LogP contribution in [0.2, 0.25) is 0 Å². The Morgan fingerprint density at radius 2 is 2.30 bits per heavy atom. The van der Waals surface area contributed by atoms with Gasteiger partial charge in [-0.05, 0) is 13.0 Å². The van der Waals surface area contributed by atoms with Gasteiger partial charge in [0.25, 0.3) is 11.6 Å². The first-order chi connectivity index (χ1) is 9.52. The number of hydrogen-bond donors (Lipinski definition) is 1. The van der Waals surface area contributed by atoms with Crippen molar-refractivity contribution in [2.75, 3.05) is 26.7 Å². The molecule has 20 heavy (non-hydrogen) atoms. The number of non-ortho nitro benzene ring substituents is 1. The second-order valence-corrected chi connectivity index (χ2v) is 4.75. The standard InChI is InChI=1S/C13H17N3O4/c1-9-8-15(6-5-14-9)13(17)11-4-3-10(16(18)19)7-12(11)20-2/h3-4,7,9,14H,5-6,8H2,1-2H3. The molecule has 1 fully saturated rings. The molecule has 2 rings (SSSR count). The van der Waals surface area contributed by atoms with Crippen LogP contribution in [0.25, 0.3) is 0 Å². The van der Waals surface area contributed by atoms with E-state index < -0.39 is 4.92 Å². The van der Waals surface area contributed by atoms with E-state index in [1.54, 1.807) is 4.90 Å². The molecule has 0 bridgehead atoms. The zero-order valence-electron chi connectivity index (χ0n) is 11.5. The van der Waals surface area contributed by atoms with Crippen LogP contribution in [-0.2, 0) is 0 Å². The van der Waals surface area contributed by atoms with Crippen LogP contribution in [0.15, 0.2) is 18.2 Å². The number of carbonyl (C=O) groups excluding carboxylic acids is 1. The van der Waals surface area contributed by atoms with Crippen molar-refractivity contribution in [2.24, 2.45) is 0 Å². The average molecular weight is 279 g/mol. The maximum Gasteiger partial charge on any atom is 0.273 e. The molecular weight excluding hydrogens is 262 g/mol. The lowest BCUT2D eigenvalue weighted by Gasteiger charge is -2.32. The van der Waals surface area contributed by atoms with Gasteiger partial charge in [-0.1, -0.05) is 0 Å². The summed E-state index contributed by atoms with van der Waals surface area (Å²) < 4.78 is 5.11. The van der Waals surface area contributed by atoms with Crippen LogP contribution in [0.4, 0.5) is 5.69 Å². The Hall–Kier alpha value is -2.15. The summed E-state index contributed by atoms with van der Waals surface area (Å²) in [6.07, 6.45) is 0. The van der Waals surface area contributed by atoms with Crippen molar-refractivity contribution in [3.05, 3.63) is 33.9 Å². The highest BCUT2D eigenvalue weighted by Crippen LogP contribution is 2.26. The topological polar surface area (TPSA) is 84.7 Å². The molecule has 7 heteroatoms. The van der Waals surface area contributed by atoms with Gasteiger partial charge in [0.05, 0.1) is 23.7 Å². The molecule has 1 N–H and O–H groups in total. The van der Waals surface area contributed by atoms with E-state index in [-0.39, 0.29) is 23.4 Å². The first-order valence-corrected chi connectivity index (χ1v) is 6.38. The van der Waals surface area contributed by atoms with Crippen molar-refractivity contribution >= 4 is 11.6 Å². The summed E-state index contributed by atoms with van der Waals surface area (Å²) in [5.41, 5.74) is 0.263. The SMILES string of the molecule is COc1cc([N+](=O)[O-])ccc1C(=O)N1CCNC(C)C1. The molecule has 1 saturated heterocycles. The Morgan fingerprint density at radius 3 is 2.90 bits per heavy atom. The van der Waals surface area contributed by atoms with Gasteiger partial charge in [0.15, 0.2) is 0 Å². The number of carbonyl (C=O) groups is 1. The predicted octanol–water partition coefficient (Wildman–Crippen LogP) is 1.04. The Bertz CT molecular complexity index is 532. The van der Waals surface area contributed by atoms with Gasteiger partial charge >= 0.3 is 0 Å². The highest BCUT2D eigenvalue weighted by atomic mass is 16.6. The lowest BCUT2D eigenvalue weighted by atomic mass is 10.1. The van der Waals surface area contributed by atoms with E-state index in [0.717, 1.165) is 6.54 Å². The second-order valence-electron chi connectivity index (χ2n) is 4.75. The fourth-order valence-corrected chi connectivity index (χ4v) is 2.26. The number of nitro groups is 1. The minimum Gasteiger partial charge on any atom is -0.496 e. The molecule has 1 aromatic carbocycles. The number of nitrogens with zero attached hydrogens (tertiary/aromatic N) is 2. The fourth-order valence-electron chi connectivity index (χ4n) is 2.26. The van der Waals surface area contributed by atoms with Crippen molar-refractivity contribution in [2.45, 2.75) is 13.0 Å². The molecule has 1 aromatic rings. The molecule has 108 valence electrons. The molecule has 0 aromatic heterocycles. The fraction of sp³-hybridized carbons (Fsp3) is 0.462. The number of nitrogens with one attached hydrogen (secondary N) is 1. The highest BCUT2D eigenvalue weighted by Gasteiger charge is 2.25. The molecule has 0 saturated carbocycles. The van der Waals surface area contributed by atoms with Crippen LogP contribution in [-0.4, -0.2) is 48.5 Å². The number of piperazine rings is 1. The molecule has 1 aliphatic heterocycles. The molecule has 0 aliphatic carbocycles. The molecule has 1 aliphatic rings. The van der Waals surface area contributed by atoms with E-state index in [0.29, 0.717) is 18.7 Å². The van der Waals surface area contributed by atoms with E-state index in [9.17, 15) is 14.9 Å². The Kier molecular flexibility index (Phi) is 4.19. The van der Waals surface area contributed by atoms with Crippen LogP contribution >= 0.6 is 0 Å². The van der Waals surface area contributed by atoms with E-state index in [2.05, 4.69) is 5.32 Å². The Balaban J connectivity index is 2.27. The summed E-state index contributed by atoms with van der Waals surface area (Å²) in [7, 11) is 1.40. The van der Waals surface area contributed by atoms with Crippen LogP contribution in [0.5, 0.6) is 5.75 Å². The monoisotopic (exact) mass is 279 g/mol. The zero-order valence-corrected chi connectivity index (χ0v) is 11.5. The van der Waals surface area contributed by atoms with Crippen molar-refractivity contribution in [3.8, 4) is 5.75 Å². The van der Waals surface area contributed by atoms with Gasteiger partial charge in [-0.25, -0.2) is 0 Å². The number of benzene rings is 1. The van der Waals surface area contributed by atoms with Crippen molar-refractivity contribution < 1.29 is 14.5 Å². The summed E-state index contributed by atoms with van der Waals surface area (Å²) in [5, 5.41) is 14.0. The maximum absolute atomic E-state index is 12.5. The van der Waals surface area contributed by atoms with Gasteiger partial charge in [0.1, 0.15) is 5.75 Å². The number of hydrogen-bond acceptors (Lipinski definition) is 5. The second kappa shape index (κ2) is 5.87. The van der Waals surface area contributed by atoms with Gasteiger partial charge in [-0.15, -0.1) is 0 Å². The quantitative estimate of drug-likeness (QED) is 0.660. The predicted molar refractivity (Wildman–Crippen MR) is 73.0 cm³/mol. The van der Waals surface area contributed by atoms with E-state index in [4.69, 9.17) is 4.74 Å². The van der Waals surface area contributed by atoms with Gasteiger partial charge in [-0.3, -0.25) is 14.9 Å². The summed E-state index contributed by atoms with van der Waals surface area (Å²) >= 11 is 0. The number of ether oxygens (including phenoxy) is 1. The molecule has 1 atom stereocenters. The average Bonchev–Trinajstić information content (AvgIpc) is 2.45. The van der Waals surface area contributed by atoms with Gasteiger partial charge < -0.3 is 15.0 Å². The molecule has 1 unspecified atom stereocenters. The molecule has 0 spiro atoms. The summed E-state index contributed by atoms with van der Waals surface area (Å²) in [6.45, 7) is 3.97. The third kappa shape index (κ3) is 2.88. The van der Waals surface area contributed by atoms with Crippen molar-refractivity contribution in [1.29, 1.82) is 0 Å². The molecular formula is C13H17N3O4. The molecule has 0 radical (unpaired) electrons. The molecule has 7 nitrogen and oxygen atoms in total. The third-order valence-electron chi connectivity index (χ3n) is 3.28. The smallest absolute Gasteiger partial charge is 0.273 e. The number of methoxy groups -OCH3 is 1. The van der Waals surface area contributed by atoms with Gasteiger partial charge in [-0.2, -0.15) is 0 Å². The summed E-state index contributed by atoms with van der Waals surface area (Å²) in [5.74, 6) is 0.0699. The largest absolute Gasteiger partial charge is 0.496 e. The molecule has 1 amide bonds. The van der Waals surface area contributed by atoms with Crippen LogP contribution in [0.3, 0.4) is 0 Å². The van der Waals surface area contributed by atoms with E-state index in [1.165, 1.54) is 25.3 Å².